The Bertz CT molecular complexity index is 1150. The molecular formula is C25H25N3O2. The monoisotopic (exact) mass is 399 g/mol. The summed E-state index contributed by atoms with van der Waals surface area (Å²) >= 11 is 0. The lowest BCUT2D eigenvalue weighted by Gasteiger charge is -2.17. The van der Waals surface area contributed by atoms with Crippen molar-refractivity contribution < 1.29 is 9.53 Å². The van der Waals surface area contributed by atoms with E-state index in [1.165, 1.54) is 5.56 Å². The SMILES string of the molecule is COc1cccc(C(=O)NC(C)c2nc3ccccc3n2CCc2ccccc2)c1. The average Bonchev–Trinajstić information content (AvgIpc) is 3.17. The molecule has 1 aromatic heterocycles. The van der Waals surface area contributed by atoms with Gasteiger partial charge in [-0.05, 0) is 49.2 Å². The van der Waals surface area contributed by atoms with E-state index in [9.17, 15) is 4.79 Å². The van der Waals surface area contributed by atoms with Gasteiger partial charge >= 0.3 is 0 Å². The van der Waals surface area contributed by atoms with Crippen molar-refractivity contribution in [2.45, 2.75) is 25.9 Å². The minimum Gasteiger partial charge on any atom is -0.497 e. The van der Waals surface area contributed by atoms with E-state index < -0.39 is 0 Å². The van der Waals surface area contributed by atoms with Crippen LogP contribution in [0.15, 0.2) is 78.9 Å². The maximum atomic E-state index is 12.8. The van der Waals surface area contributed by atoms with Gasteiger partial charge in [-0.15, -0.1) is 0 Å². The number of fused-ring (bicyclic) bond motifs is 1. The van der Waals surface area contributed by atoms with E-state index in [2.05, 4.69) is 40.2 Å². The topological polar surface area (TPSA) is 56.1 Å². The summed E-state index contributed by atoms with van der Waals surface area (Å²) in [6, 6.07) is 25.4. The molecule has 0 bridgehead atoms. The molecule has 152 valence electrons. The number of ether oxygens (including phenoxy) is 1. The van der Waals surface area contributed by atoms with Crippen LogP contribution < -0.4 is 10.1 Å². The highest BCUT2D eigenvalue weighted by molar-refractivity contribution is 5.94. The quantitative estimate of drug-likeness (QED) is 0.487. The van der Waals surface area contributed by atoms with Gasteiger partial charge in [0.2, 0.25) is 0 Å². The second-order valence-corrected chi connectivity index (χ2v) is 7.27. The molecule has 1 heterocycles. The average molecular weight is 399 g/mol. The molecule has 1 N–H and O–H groups in total. The molecule has 0 saturated heterocycles. The number of hydrogen-bond acceptors (Lipinski definition) is 3. The number of rotatable bonds is 7. The van der Waals surface area contributed by atoms with E-state index in [-0.39, 0.29) is 11.9 Å². The molecule has 1 amide bonds. The molecule has 0 aliphatic carbocycles. The molecule has 30 heavy (non-hydrogen) atoms. The number of para-hydroxylation sites is 2. The fourth-order valence-corrected chi connectivity index (χ4v) is 3.65. The van der Waals surface area contributed by atoms with Gasteiger partial charge in [-0.3, -0.25) is 4.79 Å². The number of carbonyl (C=O) groups excluding carboxylic acids is 1. The minimum atomic E-state index is -0.244. The van der Waals surface area contributed by atoms with Crippen molar-refractivity contribution in [2.24, 2.45) is 0 Å². The van der Waals surface area contributed by atoms with E-state index in [4.69, 9.17) is 9.72 Å². The van der Waals surface area contributed by atoms with Gasteiger partial charge < -0.3 is 14.6 Å². The molecule has 3 aromatic carbocycles. The molecular weight excluding hydrogens is 374 g/mol. The molecule has 1 atom stereocenters. The summed E-state index contributed by atoms with van der Waals surface area (Å²) in [5.74, 6) is 1.36. The standard InChI is InChI=1S/C25H25N3O2/c1-18(26-25(29)20-11-8-12-21(17-20)30-2)24-27-22-13-6-7-14-23(22)28(24)16-15-19-9-4-3-5-10-19/h3-14,17-18H,15-16H2,1-2H3,(H,26,29). The van der Waals surface area contributed by atoms with Crippen molar-refractivity contribution in [2.75, 3.05) is 7.11 Å². The molecule has 0 aliphatic heterocycles. The van der Waals surface area contributed by atoms with Crippen molar-refractivity contribution >= 4 is 16.9 Å². The summed E-state index contributed by atoms with van der Waals surface area (Å²) in [6.45, 7) is 2.76. The van der Waals surface area contributed by atoms with Crippen LogP contribution in [0.1, 0.15) is 34.7 Å². The van der Waals surface area contributed by atoms with Gasteiger partial charge in [0, 0.05) is 12.1 Å². The zero-order valence-electron chi connectivity index (χ0n) is 17.2. The number of nitrogens with one attached hydrogen (secondary N) is 1. The summed E-state index contributed by atoms with van der Waals surface area (Å²) in [7, 11) is 1.59. The lowest BCUT2D eigenvalue weighted by Crippen LogP contribution is -2.29. The smallest absolute Gasteiger partial charge is 0.251 e. The Kier molecular flexibility index (Phi) is 5.80. The zero-order chi connectivity index (χ0) is 20.9. The Balaban J connectivity index is 1.59. The maximum absolute atomic E-state index is 12.8. The summed E-state index contributed by atoms with van der Waals surface area (Å²) in [5.41, 5.74) is 3.84. The third-order valence-electron chi connectivity index (χ3n) is 5.22. The summed E-state index contributed by atoms with van der Waals surface area (Å²) in [4.78, 5) is 17.6. The molecule has 1 unspecified atom stereocenters. The van der Waals surface area contributed by atoms with Crippen LogP contribution in [0.4, 0.5) is 0 Å². The van der Waals surface area contributed by atoms with E-state index in [1.807, 2.05) is 43.3 Å². The number of carbonyl (C=O) groups is 1. The molecule has 4 rings (SSSR count). The first-order valence-corrected chi connectivity index (χ1v) is 10.1. The molecule has 5 heteroatoms. The predicted molar refractivity (Wildman–Crippen MR) is 119 cm³/mol. The summed E-state index contributed by atoms with van der Waals surface area (Å²) < 4.78 is 7.44. The van der Waals surface area contributed by atoms with Crippen molar-refractivity contribution in [3.63, 3.8) is 0 Å². The molecule has 0 saturated carbocycles. The molecule has 4 aromatic rings. The number of imidazole rings is 1. The van der Waals surface area contributed by atoms with Gasteiger partial charge in [0.15, 0.2) is 0 Å². The normalized spacial score (nSPS) is 11.9. The fraction of sp³-hybridized carbons (Fsp3) is 0.200. The number of methoxy groups -OCH3 is 1. The predicted octanol–water partition coefficient (Wildman–Crippen LogP) is 4.78. The van der Waals surface area contributed by atoms with Crippen molar-refractivity contribution in [3.8, 4) is 5.75 Å². The van der Waals surface area contributed by atoms with E-state index in [1.54, 1.807) is 19.2 Å². The van der Waals surface area contributed by atoms with Crippen LogP contribution in [0.25, 0.3) is 11.0 Å². The van der Waals surface area contributed by atoms with E-state index >= 15 is 0 Å². The molecule has 0 spiro atoms. The highest BCUT2D eigenvalue weighted by atomic mass is 16.5. The van der Waals surface area contributed by atoms with Gasteiger partial charge in [0.25, 0.3) is 5.91 Å². The van der Waals surface area contributed by atoms with Crippen LogP contribution in [-0.4, -0.2) is 22.6 Å². The van der Waals surface area contributed by atoms with Crippen LogP contribution in [0.5, 0.6) is 5.75 Å². The van der Waals surface area contributed by atoms with E-state index in [0.29, 0.717) is 11.3 Å². The fourth-order valence-electron chi connectivity index (χ4n) is 3.65. The van der Waals surface area contributed by atoms with Crippen LogP contribution in [0.3, 0.4) is 0 Å². The Hall–Kier alpha value is -3.60. The second kappa shape index (κ2) is 8.82. The Morgan fingerprint density at radius 1 is 1.03 bits per heavy atom. The minimum absolute atomic E-state index is 0.150. The Labute approximate surface area is 176 Å². The van der Waals surface area contributed by atoms with Crippen molar-refractivity contribution in [3.05, 3.63) is 95.8 Å². The molecule has 0 fully saturated rings. The highest BCUT2D eigenvalue weighted by Crippen LogP contribution is 2.22. The largest absolute Gasteiger partial charge is 0.497 e. The first-order chi connectivity index (χ1) is 14.7. The van der Waals surface area contributed by atoms with Crippen molar-refractivity contribution in [1.29, 1.82) is 0 Å². The number of nitrogens with zero attached hydrogens (tertiary/aromatic N) is 2. The van der Waals surface area contributed by atoms with Gasteiger partial charge in [-0.2, -0.15) is 0 Å². The summed E-state index contributed by atoms with van der Waals surface area (Å²) in [5, 5.41) is 3.09. The van der Waals surface area contributed by atoms with Crippen LogP contribution in [0, 0.1) is 0 Å². The van der Waals surface area contributed by atoms with Gasteiger partial charge in [0.05, 0.1) is 24.2 Å². The number of benzene rings is 3. The molecule has 5 nitrogen and oxygen atoms in total. The first kappa shape index (κ1) is 19.7. The van der Waals surface area contributed by atoms with Crippen LogP contribution in [-0.2, 0) is 13.0 Å². The Morgan fingerprint density at radius 2 is 1.80 bits per heavy atom. The first-order valence-electron chi connectivity index (χ1n) is 10.1. The third-order valence-corrected chi connectivity index (χ3v) is 5.22. The zero-order valence-corrected chi connectivity index (χ0v) is 17.2. The lowest BCUT2D eigenvalue weighted by atomic mass is 10.1. The van der Waals surface area contributed by atoms with E-state index in [0.717, 1.165) is 29.8 Å². The number of hydrogen-bond donors (Lipinski definition) is 1. The summed E-state index contributed by atoms with van der Waals surface area (Å²) in [6.07, 6.45) is 0.894. The lowest BCUT2D eigenvalue weighted by molar-refractivity contribution is 0.0937. The van der Waals surface area contributed by atoms with Gasteiger partial charge in [-0.25, -0.2) is 4.98 Å². The third kappa shape index (κ3) is 4.20. The molecule has 0 aliphatic rings. The number of aryl methyl sites for hydroxylation is 2. The van der Waals surface area contributed by atoms with Gasteiger partial charge in [-0.1, -0.05) is 48.5 Å². The maximum Gasteiger partial charge on any atom is 0.251 e. The number of amides is 1. The second-order valence-electron chi connectivity index (χ2n) is 7.27. The van der Waals surface area contributed by atoms with Crippen LogP contribution >= 0.6 is 0 Å². The van der Waals surface area contributed by atoms with Crippen molar-refractivity contribution in [1.82, 2.24) is 14.9 Å². The highest BCUT2D eigenvalue weighted by Gasteiger charge is 2.19. The molecule has 0 radical (unpaired) electrons. The van der Waals surface area contributed by atoms with Gasteiger partial charge in [0.1, 0.15) is 11.6 Å². The Morgan fingerprint density at radius 3 is 2.60 bits per heavy atom. The van der Waals surface area contributed by atoms with Crippen LogP contribution in [0.2, 0.25) is 0 Å². The number of aromatic nitrogens is 2.